The first-order chi connectivity index (χ1) is 9.84. The van der Waals surface area contributed by atoms with Crippen molar-refractivity contribution in [2.75, 3.05) is 11.9 Å². The van der Waals surface area contributed by atoms with Gasteiger partial charge in [0.1, 0.15) is 5.82 Å². The number of hydrogen-bond acceptors (Lipinski definition) is 4. The molecule has 2 aromatic rings. The molecule has 6 heteroatoms. The molecule has 0 aromatic carbocycles. The van der Waals surface area contributed by atoms with E-state index < -0.39 is 0 Å². The summed E-state index contributed by atoms with van der Waals surface area (Å²) in [5.41, 5.74) is 0.967. The summed E-state index contributed by atoms with van der Waals surface area (Å²) in [6.45, 7) is 9.53. The van der Waals surface area contributed by atoms with E-state index in [2.05, 4.69) is 64.9 Å². The second-order valence-electron chi connectivity index (χ2n) is 5.83. The van der Waals surface area contributed by atoms with Crippen molar-refractivity contribution in [3.8, 4) is 10.7 Å². The van der Waals surface area contributed by atoms with E-state index in [1.165, 1.54) is 0 Å². The number of rotatable bonds is 4. The van der Waals surface area contributed by atoms with Crippen LogP contribution in [-0.4, -0.2) is 16.5 Å². The van der Waals surface area contributed by atoms with Gasteiger partial charge in [0.05, 0.1) is 15.0 Å². The van der Waals surface area contributed by atoms with Gasteiger partial charge in [-0.15, -0.1) is 11.3 Å². The Morgan fingerprint density at radius 2 is 1.95 bits per heavy atom. The minimum absolute atomic E-state index is 0.0527. The van der Waals surface area contributed by atoms with Crippen LogP contribution in [0.25, 0.3) is 10.7 Å². The second-order valence-corrected chi connectivity index (χ2v) is 8.40. The van der Waals surface area contributed by atoms with E-state index in [-0.39, 0.29) is 5.41 Å². The molecule has 2 aromatic heterocycles. The number of anilines is 1. The number of nitrogens with one attached hydrogen (secondary N) is 1. The average molecular weight is 433 g/mol. The maximum atomic E-state index is 4.80. The van der Waals surface area contributed by atoms with E-state index in [1.807, 2.05) is 11.4 Å². The largest absolute Gasteiger partial charge is 0.369 e. The first kappa shape index (κ1) is 16.9. The summed E-state index contributed by atoms with van der Waals surface area (Å²) < 4.78 is 2.00. The zero-order valence-electron chi connectivity index (χ0n) is 12.6. The molecule has 0 spiro atoms. The summed E-state index contributed by atoms with van der Waals surface area (Å²) in [5, 5.41) is 5.43. The molecule has 0 bridgehead atoms. The van der Waals surface area contributed by atoms with Gasteiger partial charge in [0, 0.05) is 16.4 Å². The smallest absolute Gasteiger partial charge is 0.173 e. The van der Waals surface area contributed by atoms with Crippen LogP contribution in [0.3, 0.4) is 0 Å². The van der Waals surface area contributed by atoms with Gasteiger partial charge in [-0.1, -0.05) is 27.7 Å². The quantitative estimate of drug-likeness (QED) is 0.658. The topological polar surface area (TPSA) is 37.8 Å². The van der Waals surface area contributed by atoms with Gasteiger partial charge in [-0.25, -0.2) is 9.97 Å². The number of aromatic nitrogens is 2. The Morgan fingerprint density at radius 3 is 2.48 bits per heavy atom. The zero-order valence-corrected chi connectivity index (χ0v) is 16.6. The Bertz CT molecular complexity index is 632. The van der Waals surface area contributed by atoms with Crippen LogP contribution >= 0.6 is 43.2 Å². The minimum atomic E-state index is -0.0527. The fourth-order valence-corrected chi connectivity index (χ4v) is 4.25. The van der Waals surface area contributed by atoms with E-state index in [1.54, 1.807) is 11.3 Å². The third-order valence-electron chi connectivity index (χ3n) is 2.92. The van der Waals surface area contributed by atoms with Crippen LogP contribution in [0.1, 0.15) is 39.8 Å². The molecule has 2 heterocycles. The average Bonchev–Trinajstić information content (AvgIpc) is 2.82. The van der Waals surface area contributed by atoms with Gasteiger partial charge in [0.25, 0.3) is 0 Å². The molecule has 0 amide bonds. The lowest BCUT2D eigenvalue weighted by Crippen LogP contribution is -2.17. The molecule has 0 aliphatic rings. The summed E-state index contributed by atoms with van der Waals surface area (Å²) in [6.07, 6.45) is 1.05. The van der Waals surface area contributed by atoms with E-state index >= 15 is 0 Å². The highest BCUT2D eigenvalue weighted by molar-refractivity contribution is 9.11. The Kier molecular flexibility index (Phi) is 5.43. The minimum Gasteiger partial charge on any atom is -0.369 e. The van der Waals surface area contributed by atoms with Crippen LogP contribution in [0.15, 0.2) is 20.4 Å². The Labute approximate surface area is 146 Å². The van der Waals surface area contributed by atoms with Crippen molar-refractivity contribution in [3.05, 3.63) is 26.1 Å². The highest BCUT2D eigenvalue weighted by atomic mass is 79.9. The molecule has 0 saturated carbocycles. The lowest BCUT2D eigenvalue weighted by molar-refractivity contribution is 0.564. The summed E-state index contributed by atoms with van der Waals surface area (Å²) in [7, 11) is 0. The predicted octanol–water partition coefficient (Wildman–Crippen LogP) is 5.85. The van der Waals surface area contributed by atoms with Crippen LogP contribution in [0.2, 0.25) is 0 Å². The van der Waals surface area contributed by atoms with Gasteiger partial charge in [-0.3, -0.25) is 0 Å². The van der Waals surface area contributed by atoms with Crippen molar-refractivity contribution in [2.45, 2.75) is 39.5 Å². The highest BCUT2D eigenvalue weighted by Crippen LogP contribution is 2.37. The van der Waals surface area contributed by atoms with E-state index in [0.717, 1.165) is 44.1 Å². The SMILES string of the molecule is CCCNc1nc(-c2sccc2Br)nc(C(C)(C)C)c1Br. The third kappa shape index (κ3) is 3.85. The molecule has 0 atom stereocenters. The molecule has 0 aliphatic heterocycles. The summed E-state index contributed by atoms with van der Waals surface area (Å²) in [6, 6.07) is 2.03. The maximum Gasteiger partial charge on any atom is 0.173 e. The molecular formula is C15H19Br2N3S. The van der Waals surface area contributed by atoms with Crippen molar-refractivity contribution in [3.63, 3.8) is 0 Å². The molecule has 0 aliphatic carbocycles. The maximum absolute atomic E-state index is 4.80. The second kappa shape index (κ2) is 6.75. The molecule has 0 radical (unpaired) electrons. The molecule has 21 heavy (non-hydrogen) atoms. The van der Waals surface area contributed by atoms with Crippen LogP contribution in [0.5, 0.6) is 0 Å². The summed E-state index contributed by atoms with van der Waals surface area (Å²) in [5.74, 6) is 1.63. The molecule has 0 unspecified atom stereocenters. The summed E-state index contributed by atoms with van der Waals surface area (Å²) in [4.78, 5) is 10.6. The van der Waals surface area contributed by atoms with Crippen LogP contribution in [0.4, 0.5) is 5.82 Å². The van der Waals surface area contributed by atoms with E-state index in [9.17, 15) is 0 Å². The predicted molar refractivity (Wildman–Crippen MR) is 98.2 cm³/mol. The molecule has 114 valence electrons. The van der Waals surface area contributed by atoms with Crippen molar-refractivity contribution in [2.24, 2.45) is 0 Å². The fraction of sp³-hybridized carbons (Fsp3) is 0.467. The summed E-state index contributed by atoms with van der Waals surface area (Å²) >= 11 is 8.88. The van der Waals surface area contributed by atoms with Crippen molar-refractivity contribution >= 4 is 49.0 Å². The molecule has 0 saturated heterocycles. The van der Waals surface area contributed by atoms with Crippen LogP contribution < -0.4 is 5.32 Å². The van der Waals surface area contributed by atoms with Gasteiger partial charge < -0.3 is 5.32 Å². The molecular weight excluding hydrogens is 414 g/mol. The highest BCUT2D eigenvalue weighted by Gasteiger charge is 2.24. The molecule has 0 fully saturated rings. The van der Waals surface area contributed by atoms with Crippen molar-refractivity contribution < 1.29 is 0 Å². The lowest BCUT2D eigenvalue weighted by Gasteiger charge is -2.22. The van der Waals surface area contributed by atoms with E-state index in [4.69, 9.17) is 9.97 Å². The van der Waals surface area contributed by atoms with E-state index in [0.29, 0.717) is 0 Å². The van der Waals surface area contributed by atoms with Crippen LogP contribution in [-0.2, 0) is 5.41 Å². The third-order valence-corrected chi connectivity index (χ3v) is 5.51. The normalized spacial score (nSPS) is 11.7. The Hall–Kier alpha value is -0.460. The number of thiophene rings is 1. The van der Waals surface area contributed by atoms with Gasteiger partial charge in [-0.05, 0) is 49.7 Å². The zero-order chi connectivity index (χ0) is 15.6. The van der Waals surface area contributed by atoms with Crippen LogP contribution in [0, 0.1) is 0 Å². The van der Waals surface area contributed by atoms with Crippen molar-refractivity contribution in [1.29, 1.82) is 0 Å². The monoisotopic (exact) mass is 431 g/mol. The van der Waals surface area contributed by atoms with Gasteiger partial charge in [-0.2, -0.15) is 0 Å². The van der Waals surface area contributed by atoms with Gasteiger partial charge in [0.2, 0.25) is 0 Å². The molecule has 1 N–H and O–H groups in total. The Morgan fingerprint density at radius 1 is 1.24 bits per heavy atom. The molecule has 2 rings (SSSR count). The Balaban J connectivity index is 2.59. The number of hydrogen-bond donors (Lipinski definition) is 1. The van der Waals surface area contributed by atoms with Gasteiger partial charge >= 0.3 is 0 Å². The van der Waals surface area contributed by atoms with Gasteiger partial charge in [0.15, 0.2) is 5.82 Å². The lowest BCUT2D eigenvalue weighted by atomic mass is 9.92. The standard InChI is InChI=1S/C15H19Br2N3S/c1-5-7-18-13-10(17)12(15(2,3)4)19-14(20-13)11-9(16)6-8-21-11/h6,8H,5,7H2,1-4H3,(H,18,19,20). The fourth-order valence-electron chi connectivity index (χ4n) is 1.86. The number of halogens is 2. The first-order valence-electron chi connectivity index (χ1n) is 6.89. The number of nitrogens with zero attached hydrogens (tertiary/aromatic N) is 2. The molecule has 3 nitrogen and oxygen atoms in total. The first-order valence-corrected chi connectivity index (χ1v) is 9.36. The van der Waals surface area contributed by atoms with Crippen molar-refractivity contribution in [1.82, 2.24) is 9.97 Å².